The summed E-state index contributed by atoms with van der Waals surface area (Å²) >= 11 is 1.46. The minimum Gasteiger partial charge on any atom is -0.383 e. The first-order valence-electron chi connectivity index (χ1n) is 7.78. The largest absolute Gasteiger partial charge is 0.383 e. The second kappa shape index (κ2) is 7.50. The van der Waals surface area contributed by atoms with Gasteiger partial charge in [0.15, 0.2) is 0 Å². The molecule has 2 fully saturated rings. The van der Waals surface area contributed by atoms with Crippen LogP contribution >= 0.6 is 11.3 Å². The van der Waals surface area contributed by atoms with Crippen LogP contribution in [0.25, 0.3) is 0 Å². The zero-order chi connectivity index (χ0) is 15.4. The van der Waals surface area contributed by atoms with Gasteiger partial charge in [-0.15, -0.1) is 11.3 Å². The van der Waals surface area contributed by atoms with Crippen LogP contribution in [-0.4, -0.2) is 79.8 Å². The molecule has 2 aliphatic rings. The highest BCUT2D eigenvalue weighted by atomic mass is 32.1. The molecule has 3 heterocycles. The summed E-state index contributed by atoms with van der Waals surface area (Å²) in [5, 5.41) is 1.81. The molecule has 6 nitrogen and oxygen atoms in total. The summed E-state index contributed by atoms with van der Waals surface area (Å²) < 4.78 is 11.2. The molecule has 0 aliphatic carbocycles. The first-order chi connectivity index (χ1) is 10.8. The Kier molecular flexibility index (Phi) is 5.41. The number of carbonyl (C=O) groups is 1. The molecule has 2 saturated heterocycles. The van der Waals surface area contributed by atoms with E-state index in [4.69, 9.17) is 9.47 Å². The van der Waals surface area contributed by atoms with Crippen molar-refractivity contribution in [3.63, 3.8) is 0 Å². The molecule has 0 spiro atoms. The monoisotopic (exact) mass is 325 g/mol. The lowest BCUT2D eigenvalue weighted by Crippen LogP contribution is -2.49. The second-order valence-corrected chi connectivity index (χ2v) is 6.59. The molecule has 122 valence electrons. The molecule has 1 amide bonds. The van der Waals surface area contributed by atoms with Crippen molar-refractivity contribution in [3.05, 3.63) is 16.6 Å². The van der Waals surface area contributed by atoms with Crippen LogP contribution in [-0.2, 0) is 9.47 Å². The van der Waals surface area contributed by atoms with Gasteiger partial charge in [-0.05, 0) is 6.42 Å². The van der Waals surface area contributed by atoms with E-state index >= 15 is 0 Å². The van der Waals surface area contributed by atoms with Crippen LogP contribution in [0.5, 0.6) is 0 Å². The summed E-state index contributed by atoms with van der Waals surface area (Å²) in [5.74, 6) is 0.530. The van der Waals surface area contributed by atoms with Crippen molar-refractivity contribution in [2.45, 2.75) is 12.5 Å². The molecule has 1 aromatic rings. The fourth-order valence-corrected chi connectivity index (χ4v) is 3.73. The summed E-state index contributed by atoms with van der Waals surface area (Å²) in [6.07, 6.45) is 1.13. The molecule has 0 bridgehead atoms. The molecule has 0 radical (unpaired) electrons. The number of nitrogens with zero attached hydrogens (tertiary/aromatic N) is 3. The molecule has 1 aromatic heterocycles. The summed E-state index contributed by atoms with van der Waals surface area (Å²) in [5.41, 5.74) is 2.26. The van der Waals surface area contributed by atoms with E-state index in [9.17, 15) is 4.79 Å². The average Bonchev–Trinajstić information content (AvgIpc) is 2.99. The Balaban J connectivity index is 1.58. The Hall–Kier alpha value is -1.02. The lowest BCUT2D eigenvalue weighted by Gasteiger charge is -2.37. The van der Waals surface area contributed by atoms with Crippen molar-refractivity contribution in [1.29, 1.82) is 0 Å². The summed E-state index contributed by atoms with van der Waals surface area (Å²) in [6, 6.07) is 0. The SMILES string of the molecule is COCCN1CCO[C@H]2CN(C(=O)c3cscn3)CC[C@H]2C1. The van der Waals surface area contributed by atoms with Crippen molar-refractivity contribution >= 4 is 17.2 Å². The van der Waals surface area contributed by atoms with Gasteiger partial charge in [0.2, 0.25) is 0 Å². The summed E-state index contributed by atoms with van der Waals surface area (Å²) in [7, 11) is 1.74. The van der Waals surface area contributed by atoms with Gasteiger partial charge in [0, 0.05) is 51.1 Å². The quantitative estimate of drug-likeness (QED) is 0.825. The van der Waals surface area contributed by atoms with Gasteiger partial charge in [0.05, 0.1) is 24.8 Å². The molecule has 7 heteroatoms. The Labute approximate surface area is 135 Å². The van der Waals surface area contributed by atoms with Gasteiger partial charge in [0.1, 0.15) is 5.69 Å². The molecule has 2 atom stereocenters. The Bertz CT molecular complexity index is 482. The van der Waals surface area contributed by atoms with Crippen LogP contribution < -0.4 is 0 Å². The number of piperidine rings is 1. The molecular weight excluding hydrogens is 302 g/mol. The summed E-state index contributed by atoms with van der Waals surface area (Å²) in [4.78, 5) is 20.8. The number of ether oxygens (including phenoxy) is 2. The van der Waals surface area contributed by atoms with E-state index in [2.05, 4.69) is 9.88 Å². The van der Waals surface area contributed by atoms with Gasteiger partial charge >= 0.3 is 0 Å². The molecule has 0 aromatic carbocycles. The van der Waals surface area contributed by atoms with Crippen LogP contribution in [0.1, 0.15) is 16.9 Å². The number of carbonyl (C=O) groups excluding carboxylic acids is 1. The third kappa shape index (κ3) is 3.65. The van der Waals surface area contributed by atoms with Gasteiger partial charge in [0.25, 0.3) is 5.91 Å². The predicted octanol–water partition coefficient (Wildman–Crippen LogP) is 0.952. The minimum absolute atomic E-state index is 0.0313. The maximum absolute atomic E-state index is 12.4. The van der Waals surface area contributed by atoms with Crippen molar-refractivity contribution < 1.29 is 14.3 Å². The number of hydrogen-bond donors (Lipinski definition) is 0. The first kappa shape index (κ1) is 15.9. The topological polar surface area (TPSA) is 54.9 Å². The second-order valence-electron chi connectivity index (χ2n) is 5.88. The van der Waals surface area contributed by atoms with E-state index in [1.54, 1.807) is 12.6 Å². The van der Waals surface area contributed by atoms with Gasteiger partial charge in [-0.25, -0.2) is 4.98 Å². The maximum Gasteiger partial charge on any atom is 0.273 e. The summed E-state index contributed by atoms with van der Waals surface area (Å²) in [6.45, 7) is 5.88. The van der Waals surface area contributed by atoms with Crippen molar-refractivity contribution in [3.8, 4) is 0 Å². The molecule has 22 heavy (non-hydrogen) atoms. The highest BCUT2D eigenvalue weighted by molar-refractivity contribution is 7.07. The highest BCUT2D eigenvalue weighted by Crippen LogP contribution is 2.25. The molecule has 0 saturated carbocycles. The van der Waals surface area contributed by atoms with E-state index < -0.39 is 0 Å². The van der Waals surface area contributed by atoms with Gasteiger partial charge in [-0.3, -0.25) is 9.69 Å². The number of fused-ring (bicyclic) bond motifs is 1. The van der Waals surface area contributed by atoms with E-state index in [-0.39, 0.29) is 12.0 Å². The van der Waals surface area contributed by atoms with E-state index in [0.717, 1.165) is 45.8 Å². The number of hydrogen-bond acceptors (Lipinski definition) is 6. The van der Waals surface area contributed by atoms with Gasteiger partial charge in [-0.2, -0.15) is 0 Å². The number of amides is 1. The third-order valence-corrected chi connectivity index (χ3v) is 5.06. The zero-order valence-corrected chi connectivity index (χ0v) is 13.8. The molecular formula is C15H23N3O3S. The van der Waals surface area contributed by atoms with E-state index in [0.29, 0.717) is 18.2 Å². The fourth-order valence-electron chi connectivity index (χ4n) is 3.21. The van der Waals surface area contributed by atoms with Crippen molar-refractivity contribution in [2.75, 3.05) is 53.0 Å². The Morgan fingerprint density at radius 3 is 3.18 bits per heavy atom. The highest BCUT2D eigenvalue weighted by Gasteiger charge is 2.35. The van der Waals surface area contributed by atoms with Crippen molar-refractivity contribution in [1.82, 2.24) is 14.8 Å². The molecule has 0 N–H and O–H groups in total. The third-order valence-electron chi connectivity index (χ3n) is 4.48. The van der Waals surface area contributed by atoms with Gasteiger partial charge < -0.3 is 14.4 Å². The number of rotatable bonds is 4. The van der Waals surface area contributed by atoms with Crippen LogP contribution in [0.15, 0.2) is 10.9 Å². The number of methoxy groups -OCH3 is 1. The first-order valence-corrected chi connectivity index (χ1v) is 8.72. The smallest absolute Gasteiger partial charge is 0.273 e. The van der Waals surface area contributed by atoms with Crippen molar-refractivity contribution in [2.24, 2.45) is 5.92 Å². The molecule has 0 unspecified atom stereocenters. The number of likely N-dealkylation sites (tertiary alicyclic amines) is 1. The Morgan fingerprint density at radius 1 is 1.50 bits per heavy atom. The minimum atomic E-state index is 0.0313. The van der Waals surface area contributed by atoms with Gasteiger partial charge in [-0.1, -0.05) is 0 Å². The normalized spacial score (nSPS) is 26.5. The fraction of sp³-hybridized carbons (Fsp3) is 0.733. The predicted molar refractivity (Wildman–Crippen MR) is 84.2 cm³/mol. The number of thiazole rings is 1. The lowest BCUT2D eigenvalue weighted by atomic mass is 9.93. The maximum atomic E-state index is 12.4. The molecule has 3 rings (SSSR count). The molecule has 2 aliphatic heterocycles. The van der Waals surface area contributed by atoms with Crippen LogP contribution in [0.2, 0.25) is 0 Å². The standard InChI is InChI=1S/C15H23N3O3S/c1-20-6-4-17-5-7-21-14-9-18(3-2-12(14)8-17)15(19)13-10-22-11-16-13/h10-12,14H,2-9H2,1H3/t12-,14-/m0/s1. The van der Waals surface area contributed by atoms with Crippen LogP contribution in [0, 0.1) is 5.92 Å². The van der Waals surface area contributed by atoms with E-state index in [1.807, 2.05) is 10.3 Å². The zero-order valence-electron chi connectivity index (χ0n) is 12.9. The lowest BCUT2D eigenvalue weighted by molar-refractivity contribution is -0.0172. The van der Waals surface area contributed by atoms with Crippen LogP contribution in [0.4, 0.5) is 0 Å². The van der Waals surface area contributed by atoms with E-state index in [1.165, 1.54) is 11.3 Å². The number of aromatic nitrogens is 1. The average molecular weight is 325 g/mol. The Morgan fingerprint density at radius 2 is 2.41 bits per heavy atom. The van der Waals surface area contributed by atoms with Crippen LogP contribution in [0.3, 0.4) is 0 Å².